The molecule has 2 aromatic heterocycles. The molecule has 1 saturated heterocycles. The van der Waals surface area contributed by atoms with E-state index in [2.05, 4.69) is 42.7 Å². The van der Waals surface area contributed by atoms with Crippen LogP contribution in [-0.4, -0.2) is 55.8 Å². The van der Waals surface area contributed by atoms with Gasteiger partial charge in [0.1, 0.15) is 6.07 Å². The standard InChI is InChI=1S/C22H22ClN9O/c1-31-6-4-22(33,5-7-31)16-8-13(10-24)9-17(18(16)23)28-21-29-19(27-14-2-3-14)20-26-12-15(11-25)32(20)30-21/h8-9,12,14,33H,2-7H2,1H3,(H2,27,28,29,30). The van der Waals surface area contributed by atoms with E-state index in [0.717, 1.165) is 25.9 Å². The van der Waals surface area contributed by atoms with E-state index in [4.69, 9.17) is 11.6 Å². The lowest BCUT2D eigenvalue weighted by Gasteiger charge is -2.37. The van der Waals surface area contributed by atoms with E-state index >= 15 is 0 Å². The Balaban J connectivity index is 1.56. The average Bonchev–Trinajstić information content (AvgIpc) is 3.53. The molecule has 0 spiro atoms. The summed E-state index contributed by atoms with van der Waals surface area (Å²) in [7, 11) is 2.01. The van der Waals surface area contributed by atoms with E-state index in [0.29, 0.717) is 52.2 Å². The lowest BCUT2D eigenvalue weighted by Crippen LogP contribution is -2.41. The van der Waals surface area contributed by atoms with Gasteiger partial charge >= 0.3 is 0 Å². The fourth-order valence-electron chi connectivity index (χ4n) is 4.03. The molecular formula is C22H22ClN9O. The Labute approximate surface area is 195 Å². The first-order chi connectivity index (χ1) is 15.9. The van der Waals surface area contributed by atoms with Crippen LogP contribution in [0, 0.1) is 22.7 Å². The van der Waals surface area contributed by atoms with Crippen LogP contribution in [0.2, 0.25) is 5.02 Å². The molecule has 3 N–H and O–H groups in total. The van der Waals surface area contributed by atoms with Crippen molar-refractivity contribution in [1.29, 1.82) is 10.5 Å². The molecule has 0 unspecified atom stereocenters. The number of aliphatic hydroxyl groups is 1. The smallest absolute Gasteiger partial charge is 0.247 e. The highest BCUT2D eigenvalue weighted by atomic mass is 35.5. The molecule has 1 saturated carbocycles. The van der Waals surface area contributed by atoms with Crippen LogP contribution in [0.1, 0.15) is 42.5 Å². The lowest BCUT2D eigenvalue weighted by atomic mass is 9.83. The van der Waals surface area contributed by atoms with Crippen molar-refractivity contribution in [2.45, 2.75) is 37.3 Å². The summed E-state index contributed by atoms with van der Waals surface area (Å²) in [5.41, 5.74) is 0.885. The minimum atomic E-state index is -1.13. The van der Waals surface area contributed by atoms with Gasteiger partial charge in [-0.15, -0.1) is 5.10 Å². The van der Waals surface area contributed by atoms with E-state index in [1.807, 2.05) is 7.05 Å². The topological polar surface area (TPSA) is 138 Å². The van der Waals surface area contributed by atoms with Crippen molar-refractivity contribution in [3.63, 3.8) is 0 Å². The molecule has 3 aromatic rings. The van der Waals surface area contributed by atoms with Crippen molar-refractivity contribution < 1.29 is 5.11 Å². The Morgan fingerprint density at radius 2 is 1.97 bits per heavy atom. The molecule has 0 atom stereocenters. The van der Waals surface area contributed by atoms with Crippen molar-refractivity contribution in [2.24, 2.45) is 0 Å². The Morgan fingerprint density at radius 3 is 2.64 bits per heavy atom. The van der Waals surface area contributed by atoms with Gasteiger partial charge in [0.2, 0.25) is 5.95 Å². The number of piperidine rings is 1. The summed E-state index contributed by atoms with van der Waals surface area (Å²) in [6.45, 7) is 1.44. The van der Waals surface area contributed by atoms with Crippen molar-refractivity contribution in [1.82, 2.24) is 24.5 Å². The fraction of sp³-hybridized carbons (Fsp3) is 0.409. The van der Waals surface area contributed by atoms with Gasteiger partial charge in [-0.3, -0.25) is 0 Å². The zero-order chi connectivity index (χ0) is 23.2. The first-order valence-electron chi connectivity index (χ1n) is 10.7. The number of benzene rings is 1. The normalized spacial score (nSPS) is 18.0. The molecule has 168 valence electrons. The second-order valence-electron chi connectivity index (χ2n) is 8.65. The van der Waals surface area contributed by atoms with Crippen molar-refractivity contribution >= 4 is 34.7 Å². The predicted molar refractivity (Wildman–Crippen MR) is 122 cm³/mol. The maximum atomic E-state index is 11.3. The van der Waals surface area contributed by atoms with Gasteiger partial charge in [0, 0.05) is 24.7 Å². The van der Waals surface area contributed by atoms with E-state index < -0.39 is 5.60 Å². The summed E-state index contributed by atoms with van der Waals surface area (Å²) < 4.78 is 1.42. The largest absolute Gasteiger partial charge is 0.385 e. The van der Waals surface area contributed by atoms with Crippen molar-refractivity contribution in [3.8, 4) is 12.1 Å². The number of aromatic nitrogens is 4. The van der Waals surface area contributed by atoms with Crippen LogP contribution in [-0.2, 0) is 5.60 Å². The van der Waals surface area contributed by atoms with Gasteiger partial charge in [-0.2, -0.15) is 20.0 Å². The minimum Gasteiger partial charge on any atom is -0.385 e. The van der Waals surface area contributed by atoms with E-state index in [1.54, 1.807) is 12.1 Å². The monoisotopic (exact) mass is 463 g/mol. The summed E-state index contributed by atoms with van der Waals surface area (Å²) in [6, 6.07) is 7.78. The second-order valence-corrected chi connectivity index (χ2v) is 9.03. The number of fused-ring (bicyclic) bond motifs is 1. The predicted octanol–water partition coefficient (Wildman–Crippen LogP) is 2.75. The average molecular weight is 464 g/mol. The number of likely N-dealkylation sites (tertiary alicyclic amines) is 1. The number of nitrogens with zero attached hydrogens (tertiary/aromatic N) is 7. The summed E-state index contributed by atoms with van der Waals surface area (Å²) in [4.78, 5) is 11.0. The molecule has 11 heteroatoms. The molecular weight excluding hydrogens is 442 g/mol. The molecule has 3 heterocycles. The molecule has 5 rings (SSSR count). The van der Waals surface area contributed by atoms with E-state index in [-0.39, 0.29) is 11.6 Å². The maximum Gasteiger partial charge on any atom is 0.247 e. The number of rotatable bonds is 5. The molecule has 10 nitrogen and oxygen atoms in total. The van der Waals surface area contributed by atoms with Crippen LogP contribution in [0.4, 0.5) is 17.5 Å². The van der Waals surface area contributed by atoms with Crippen LogP contribution in [0.5, 0.6) is 0 Å². The number of hydrogen-bond acceptors (Lipinski definition) is 9. The first-order valence-corrected chi connectivity index (χ1v) is 11.1. The zero-order valence-corrected chi connectivity index (χ0v) is 18.8. The Bertz CT molecular complexity index is 1310. The molecule has 0 amide bonds. The molecule has 1 aromatic carbocycles. The van der Waals surface area contributed by atoms with Crippen LogP contribution < -0.4 is 10.6 Å². The quantitative estimate of drug-likeness (QED) is 0.521. The molecule has 2 fully saturated rings. The maximum absolute atomic E-state index is 11.3. The third kappa shape index (κ3) is 4.05. The Kier molecular flexibility index (Phi) is 5.29. The highest BCUT2D eigenvalue weighted by Crippen LogP contribution is 2.41. The summed E-state index contributed by atoms with van der Waals surface area (Å²) >= 11 is 6.75. The van der Waals surface area contributed by atoms with Crippen molar-refractivity contribution in [2.75, 3.05) is 30.8 Å². The Hall–Kier alpha value is -3.44. The van der Waals surface area contributed by atoms with Gasteiger partial charge in [0.05, 0.1) is 34.1 Å². The van der Waals surface area contributed by atoms with Gasteiger partial charge < -0.3 is 20.6 Å². The highest BCUT2D eigenvalue weighted by molar-refractivity contribution is 6.34. The van der Waals surface area contributed by atoms with Gasteiger partial charge in [-0.25, -0.2) is 4.98 Å². The van der Waals surface area contributed by atoms with Crippen LogP contribution in [0.25, 0.3) is 5.65 Å². The fourth-order valence-corrected chi connectivity index (χ4v) is 4.36. The molecule has 0 radical (unpaired) electrons. The van der Waals surface area contributed by atoms with Crippen LogP contribution in [0.3, 0.4) is 0 Å². The van der Waals surface area contributed by atoms with Gasteiger partial charge in [-0.05, 0) is 44.9 Å². The number of imidazole rings is 1. The zero-order valence-electron chi connectivity index (χ0n) is 18.0. The number of hydrogen-bond donors (Lipinski definition) is 3. The molecule has 0 bridgehead atoms. The highest BCUT2D eigenvalue weighted by Gasteiger charge is 2.36. The summed E-state index contributed by atoms with van der Waals surface area (Å²) in [6.07, 6.45) is 4.55. The minimum absolute atomic E-state index is 0.193. The van der Waals surface area contributed by atoms with Gasteiger partial charge in [-0.1, -0.05) is 11.6 Å². The molecule has 33 heavy (non-hydrogen) atoms. The molecule has 2 aliphatic rings. The number of nitrogens with one attached hydrogen (secondary N) is 2. The van der Waals surface area contributed by atoms with Gasteiger partial charge in [0.25, 0.3) is 0 Å². The SMILES string of the molecule is CN1CCC(O)(c2cc(C#N)cc(Nc3nc(NC4CC4)c4ncc(C#N)n4n3)c2Cl)CC1. The third-order valence-electron chi connectivity index (χ3n) is 6.16. The Morgan fingerprint density at radius 1 is 1.21 bits per heavy atom. The number of nitriles is 2. The lowest BCUT2D eigenvalue weighted by molar-refractivity contribution is -0.0202. The van der Waals surface area contributed by atoms with Gasteiger partial charge in [0.15, 0.2) is 17.2 Å². The number of anilines is 3. The molecule has 1 aliphatic heterocycles. The van der Waals surface area contributed by atoms with Crippen molar-refractivity contribution in [3.05, 3.63) is 40.2 Å². The van der Waals surface area contributed by atoms with Crippen LogP contribution in [0.15, 0.2) is 18.3 Å². The van der Waals surface area contributed by atoms with Crippen LogP contribution >= 0.6 is 11.6 Å². The third-order valence-corrected chi connectivity index (χ3v) is 6.57. The molecule has 1 aliphatic carbocycles. The summed E-state index contributed by atoms with van der Waals surface area (Å²) in [5.74, 6) is 0.705. The number of halogens is 1. The van der Waals surface area contributed by atoms with E-state index in [1.165, 1.54) is 10.7 Å². The second kappa shape index (κ2) is 8.16. The first kappa shape index (κ1) is 21.4. The summed E-state index contributed by atoms with van der Waals surface area (Å²) in [5, 5.41) is 41.5. The van der Waals surface area contributed by atoms with E-state index in [9.17, 15) is 15.6 Å².